The van der Waals surface area contributed by atoms with E-state index >= 15 is 0 Å². The van der Waals surface area contributed by atoms with Gasteiger partial charge in [0.25, 0.3) is 5.91 Å². The van der Waals surface area contributed by atoms with E-state index in [1.807, 2.05) is 0 Å². The van der Waals surface area contributed by atoms with Crippen LogP contribution in [0, 0.1) is 5.82 Å². The Balaban J connectivity index is 1.26. The van der Waals surface area contributed by atoms with Gasteiger partial charge >= 0.3 is 12.4 Å². The molecule has 34 heavy (non-hydrogen) atoms. The standard InChI is InChI=1S/C20H18ClF4N5O4/c21-13-3-1-10-7-11(8-27-16(10)15(13)22)17(31)28-12-2-4-14(26-9-12)18-29-30-19(34-18)32-5-6-33-20(23,24)25/h1,3,7-8,12,14,26H,2,4-6,9H2,(H,28,31)/t12-,14+/m0/s1. The third-order valence-electron chi connectivity index (χ3n) is 5.05. The van der Waals surface area contributed by atoms with E-state index in [2.05, 4.69) is 30.6 Å². The smallest absolute Gasteiger partial charge is 0.447 e. The molecule has 0 unspecified atom stereocenters. The molecule has 2 aromatic heterocycles. The van der Waals surface area contributed by atoms with Gasteiger partial charge in [-0.1, -0.05) is 22.8 Å². The third kappa shape index (κ3) is 5.90. The van der Waals surface area contributed by atoms with E-state index in [1.54, 1.807) is 6.07 Å². The summed E-state index contributed by atoms with van der Waals surface area (Å²) >= 11 is 5.75. The molecule has 1 fully saturated rings. The van der Waals surface area contributed by atoms with E-state index in [-0.39, 0.29) is 46.1 Å². The number of rotatable bonds is 7. The molecule has 1 aromatic carbocycles. The number of nitrogens with one attached hydrogen (secondary N) is 2. The summed E-state index contributed by atoms with van der Waals surface area (Å²) in [6.45, 7) is -0.712. The average Bonchev–Trinajstić information content (AvgIpc) is 3.28. The van der Waals surface area contributed by atoms with Crippen LogP contribution in [-0.4, -0.2) is 53.3 Å². The average molecular weight is 504 g/mol. The van der Waals surface area contributed by atoms with Crippen LogP contribution >= 0.6 is 11.6 Å². The van der Waals surface area contributed by atoms with E-state index in [9.17, 15) is 22.4 Å². The Bertz CT molecular complexity index is 1170. The number of pyridine rings is 1. The molecule has 1 aliphatic rings. The summed E-state index contributed by atoms with van der Waals surface area (Å²) in [7, 11) is 0. The zero-order valence-electron chi connectivity index (χ0n) is 17.4. The van der Waals surface area contributed by atoms with Crippen molar-refractivity contribution in [2.24, 2.45) is 0 Å². The van der Waals surface area contributed by atoms with E-state index in [0.29, 0.717) is 24.8 Å². The zero-order valence-corrected chi connectivity index (χ0v) is 18.1. The first-order valence-corrected chi connectivity index (χ1v) is 10.5. The Morgan fingerprint density at radius 1 is 1.26 bits per heavy atom. The quantitative estimate of drug-likeness (QED) is 0.372. The number of alkyl halides is 3. The highest BCUT2D eigenvalue weighted by Gasteiger charge is 2.29. The molecule has 1 amide bonds. The van der Waals surface area contributed by atoms with Crippen LogP contribution in [0.3, 0.4) is 0 Å². The number of nitrogens with zero attached hydrogens (tertiary/aromatic N) is 3. The summed E-state index contributed by atoms with van der Waals surface area (Å²) in [6, 6.07) is 4.02. The highest BCUT2D eigenvalue weighted by molar-refractivity contribution is 6.31. The number of carbonyl (C=O) groups is 1. The summed E-state index contributed by atoms with van der Waals surface area (Å²) < 4.78 is 63.7. The number of aromatic nitrogens is 3. The van der Waals surface area contributed by atoms with Gasteiger partial charge in [-0.2, -0.15) is 0 Å². The van der Waals surface area contributed by atoms with Gasteiger partial charge in [0.15, 0.2) is 5.82 Å². The first kappa shape index (κ1) is 24.1. The van der Waals surface area contributed by atoms with Crippen molar-refractivity contribution in [1.29, 1.82) is 0 Å². The second-order valence-electron chi connectivity index (χ2n) is 7.41. The largest absolute Gasteiger partial charge is 0.522 e. The van der Waals surface area contributed by atoms with Gasteiger partial charge in [0.1, 0.15) is 12.1 Å². The van der Waals surface area contributed by atoms with E-state index in [4.69, 9.17) is 20.8 Å². The summed E-state index contributed by atoms with van der Waals surface area (Å²) in [6.07, 6.45) is -2.58. The molecule has 3 aromatic rings. The van der Waals surface area contributed by atoms with Gasteiger partial charge in [0.2, 0.25) is 5.89 Å². The van der Waals surface area contributed by atoms with Crippen molar-refractivity contribution < 1.29 is 36.2 Å². The van der Waals surface area contributed by atoms with Gasteiger partial charge in [0.05, 0.1) is 23.2 Å². The Morgan fingerprint density at radius 3 is 2.82 bits per heavy atom. The predicted octanol–water partition coefficient (Wildman–Crippen LogP) is 3.55. The van der Waals surface area contributed by atoms with Crippen molar-refractivity contribution in [3.8, 4) is 6.08 Å². The number of fused-ring (bicyclic) bond motifs is 1. The molecule has 0 spiro atoms. The van der Waals surface area contributed by atoms with Crippen molar-refractivity contribution in [2.45, 2.75) is 31.3 Å². The van der Waals surface area contributed by atoms with Crippen LogP contribution in [0.4, 0.5) is 17.6 Å². The Morgan fingerprint density at radius 2 is 2.09 bits per heavy atom. The lowest BCUT2D eigenvalue weighted by Crippen LogP contribution is -2.46. The zero-order chi connectivity index (χ0) is 24.3. The molecule has 1 saturated heterocycles. The molecule has 0 saturated carbocycles. The van der Waals surface area contributed by atoms with Crippen molar-refractivity contribution in [3.05, 3.63) is 46.7 Å². The van der Waals surface area contributed by atoms with Crippen LogP contribution in [0.5, 0.6) is 6.08 Å². The molecule has 1 aliphatic heterocycles. The molecule has 2 atom stereocenters. The molecular weight excluding hydrogens is 486 g/mol. The monoisotopic (exact) mass is 503 g/mol. The summed E-state index contributed by atoms with van der Waals surface area (Å²) in [4.78, 5) is 16.6. The molecule has 182 valence electrons. The van der Waals surface area contributed by atoms with Crippen molar-refractivity contribution >= 4 is 28.4 Å². The van der Waals surface area contributed by atoms with Gasteiger partial charge in [0, 0.05) is 24.2 Å². The maximum Gasteiger partial charge on any atom is 0.522 e. The first-order chi connectivity index (χ1) is 16.2. The molecule has 3 heterocycles. The SMILES string of the molecule is O=C(N[C@H]1CC[C@H](c2nnc(OCCOC(F)(F)F)o2)NC1)c1cnc2c(F)c(Cl)ccc2c1. The second kappa shape index (κ2) is 10.1. The maximum absolute atomic E-state index is 14.0. The maximum atomic E-state index is 14.0. The topological polar surface area (TPSA) is 111 Å². The fraction of sp³-hybridized carbons (Fsp3) is 0.400. The van der Waals surface area contributed by atoms with E-state index < -0.39 is 25.4 Å². The molecule has 14 heteroatoms. The van der Waals surface area contributed by atoms with Crippen LogP contribution in [-0.2, 0) is 4.74 Å². The minimum atomic E-state index is -4.74. The predicted molar refractivity (Wildman–Crippen MR) is 110 cm³/mol. The lowest BCUT2D eigenvalue weighted by atomic mass is 10.0. The fourth-order valence-corrected chi connectivity index (χ4v) is 3.58. The Labute approximate surface area is 194 Å². The van der Waals surface area contributed by atoms with Crippen LogP contribution in [0.2, 0.25) is 5.02 Å². The van der Waals surface area contributed by atoms with Crippen molar-refractivity contribution in [3.63, 3.8) is 0 Å². The van der Waals surface area contributed by atoms with Gasteiger partial charge in [-0.25, -0.2) is 4.39 Å². The first-order valence-electron chi connectivity index (χ1n) is 10.1. The summed E-state index contributed by atoms with van der Waals surface area (Å²) in [5.41, 5.74) is 0.367. The molecular formula is C20H18ClF4N5O4. The number of hydrogen-bond acceptors (Lipinski definition) is 8. The Kier molecular flexibility index (Phi) is 7.14. The van der Waals surface area contributed by atoms with Crippen LogP contribution in [0.15, 0.2) is 28.8 Å². The van der Waals surface area contributed by atoms with Gasteiger partial charge < -0.3 is 19.8 Å². The van der Waals surface area contributed by atoms with E-state index in [0.717, 1.165) is 0 Å². The fourth-order valence-electron chi connectivity index (χ4n) is 3.43. The molecule has 0 aliphatic carbocycles. The summed E-state index contributed by atoms with van der Waals surface area (Å²) in [5.74, 6) is -0.779. The number of carbonyl (C=O) groups excluding carboxylic acids is 1. The molecule has 9 nitrogen and oxygen atoms in total. The van der Waals surface area contributed by atoms with Crippen molar-refractivity contribution in [2.75, 3.05) is 19.8 Å². The minimum absolute atomic E-state index is 0.0459. The van der Waals surface area contributed by atoms with Crippen LogP contribution < -0.4 is 15.4 Å². The minimum Gasteiger partial charge on any atom is -0.447 e. The molecule has 0 radical (unpaired) electrons. The lowest BCUT2D eigenvalue weighted by Gasteiger charge is -2.28. The Hall–Kier alpha value is -3.03. The van der Waals surface area contributed by atoms with Crippen LogP contribution in [0.1, 0.15) is 35.1 Å². The second-order valence-corrected chi connectivity index (χ2v) is 7.82. The highest BCUT2D eigenvalue weighted by atomic mass is 35.5. The van der Waals surface area contributed by atoms with Crippen LogP contribution in [0.25, 0.3) is 10.9 Å². The highest BCUT2D eigenvalue weighted by Crippen LogP contribution is 2.25. The number of piperidine rings is 1. The summed E-state index contributed by atoms with van der Waals surface area (Å²) in [5, 5.41) is 13.9. The normalized spacial score (nSPS) is 18.7. The van der Waals surface area contributed by atoms with Gasteiger partial charge in [-0.15, -0.1) is 18.3 Å². The van der Waals surface area contributed by atoms with E-state index in [1.165, 1.54) is 18.3 Å². The third-order valence-corrected chi connectivity index (χ3v) is 5.34. The van der Waals surface area contributed by atoms with Crippen molar-refractivity contribution in [1.82, 2.24) is 25.8 Å². The molecule has 4 rings (SSSR count). The number of halogens is 5. The van der Waals surface area contributed by atoms with Gasteiger partial charge in [-0.05, 0) is 25.0 Å². The lowest BCUT2D eigenvalue weighted by molar-refractivity contribution is -0.325. The number of ether oxygens (including phenoxy) is 2. The number of benzene rings is 1. The molecule has 2 N–H and O–H groups in total. The number of hydrogen-bond donors (Lipinski definition) is 2. The molecule has 0 bridgehead atoms. The number of amides is 1. The van der Waals surface area contributed by atoms with Gasteiger partial charge in [-0.3, -0.25) is 14.5 Å².